The van der Waals surface area contributed by atoms with Gasteiger partial charge in [0.05, 0.1) is 0 Å². The van der Waals surface area contributed by atoms with E-state index in [4.69, 9.17) is 16.0 Å². The number of carbonyl (C=O) groups excluding carboxylic acids is 1. The Balaban J connectivity index is 1.55. The fourth-order valence-electron chi connectivity index (χ4n) is 2.69. The molecule has 1 N–H and O–H groups in total. The molecule has 0 spiro atoms. The number of hydrogen-bond acceptors (Lipinski definition) is 5. The Hall–Kier alpha value is -3.03. The van der Waals surface area contributed by atoms with Crippen LogP contribution in [0.2, 0.25) is 5.02 Å². The maximum absolute atomic E-state index is 13.8. The van der Waals surface area contributed by atoms with Gasteiger partial charge in [-0.25, -0.2) is 14.2 Å². The predicted octanol–water partition coefficient (Wildman–Crippen LogP) is 4.89. The van der Waals surface area contributed by atoms with Crippen LogP contribution in [0.3, 0.4) is 0 Å². The van der Waals surface area contributed by atoms with Crippen LogP contribution in [0.25, 0.3) is 11.0 Å². The molecular formula is C20H12ClFN2O3S. The fourth-order valence-corrected chi connectivity index (χ4v) is 3.70. The fraction of sp³-hybridized carbons (Fsp3) is 0.0500. The molecule has 4 rings (SSSR count). The molecule has 28 heavy (non-hydrogen) atoms. The molecular weight excluding hydrogens is 403 g/mol. The summed E-state index contributed by atoms with van der Waals surface area (Å²) in [6.45, 7) is 0. The zero-order valence-electron chi connectivity index (χ0n) is 14.2. The number of benzene rings is 2. The molecule has 0 fully saturated rings. The minimum atomic E-state index is -0.754. The third-order valence-corrected chi connectivity index (χ3v) is 5.18. The molecule has 2 heterocycles. The number of aromatic nitrogens is 1. The van der Waals surface area contributed by atoms with Gasteiger partial charge in [-0.05, 0) is 35.9 Å². The minimum Gasteiger partial charge on any atom is -0.422 e. The molecule has 8 heteroatoms. The van der Waals surface area contributed by atoms with Crippen LogP contribution in [0, 0.1) is 5.82 Å². The van der Waals surface area contributed by atoms with Crippen molar-refractivity contribution in [1.29, 1.82) is 0 Å². The number of hydrogen-bond donors (Lipinski definition) is 1. The van der Waals surface area contributed by atoms with Gasteiger partial charge in [0, 0.05) is 27.9 Å². The number of carbonyl (C=O) groups is 1. The zero-order chi connectivity index (χ0) is 19.7. The quantitative estimate of drug-likeness (QED) is 0.483. The Morgan fingerprint density at radius 2 is 2.04 bits per heavy atom. The molecule has 0 aliphatic heterocycles. The Kier molecular flexibility index (Phi) is 4.93. The zero-order valence-corrected chi connectivity index (χ0v) is 15.8. The van der Waals surface area contributed by atoms with Crippen molar-refractivity contribution in [3.8, 4) is 0 Å². The first-order chi connectivity index (χ1) is 13.5. The Labute approximate surface area is 167 Å². The average Bonchev–Trinajstić information content (AvgIpc) is 3.10. The summed E-state index contributed by atoms with van der Waals surface area (Å²) in [4.78, 5) is 29.5. The monoisotopic (exact) mass is 414 g/mol. The number of halogens is 2. The molecule has 0 saturated heterocycles. The lowest BCUT2D eigenvalue weighted by Crippen LogP contribution is -2.20. The normalized spacial score (nSPS) is 10.9. The van der Waals surface area contributed by atoms with Gasteiger partial charge >= 0.3 is 5.63 Å². The molecule has 0 atom stereocenters. The summed E-state index contributed by atoms with van der Waals surface area (Å²) in [7, 11) is 0. The molecule has 0 bridgehead atoms. The lowest BCUT2D eigenvalue weighted by Gasteiger charge is -2.03. The second-order valence-electron chi connectivity index (χ2n) is 5.98. The van der Waals surface area contributed by atoms with Crippen molar-refractivity contribution in [2.75, 3.05) is 5.32 Å². The number of anilines is 1. The van der Waals surface area contributed by atoms with Gasteiger partial charge in [0.1, 0.15) is 17.0 Å². The lowest BCUT2D eigenvalue weighted by atomic mass is 10.1. The highest BCUT2D eigenvalue weighted by atomic mass is 35.5. The van der Waals surface area contributed by atoms with E-state index in [9.17, 15) is 14.0 Å². The van der Waals surface area contributed by atoms with E-state index in [1.165, 1.54) is 23.5 Å². The van der Waals surface area contributed by atoms with Crippen LogP contribution in [-0.4, -0.2) is 10.9 Å². The van der Waals surface area contributed by atoms with Crippen LogP contribution in [0.5, 0.6) is 0 Å². The standard InChI is InChI=1S/C20H12ClFN2O3S/c21-13-5-6-17-12(7-13)9-15(19(26)27-17)18(25)24-20-23-10-14(28-20)8-11-3-1-2-4-16(11)22/h1-7,9-10H,8H2,(H,23,24,25). The summed E-state index contributed by atoms with van der Waals surface area (Å²) < 4.78 is 18.9. The number of nitrogens with zero attached hydrogens (tertiary/aromatic N) is 1. The Bertz CT molecular complexity index is 1250. The van der Waals surface area contributed by atoms with Crippen molar-refractivity contribution in [2.45, 2.75) is 6.42 Å². The van der Waals surface area contributed by atoms with Crippen molar-refractivity contribution < 1.29 is 13.6 Å². The molecule has 2 aromatic heterocycles. The van der Waals surface area contributed by atoms with Gasteiger partial charge < -0.3 is 4.42 Å². The van der Waals surface area contributed by atoms with Crippen LogP contribution in [0.1, 0.15) is 20.8 Å². The second kappa shape index (κ2) is 7.53. The third kappa shape index (κ3) is 3.81. The molecule has 1 amide bonds. The number of fused-ring (bicyclic) bond motifs is 1. The van der Waals surface area contributed by atoms with Gasteiger partial charge in [-0.15, -0.1) is 11.3 Å². The van der Waals surface area contributed by atoms with Crippen LogP contribution in [0.15, 0.2) is 63.9 Å². The number of thiazole rings is 1. The summed E-state index contributed by atoms with van der Waals surface area (Å²) in [5.41, 5.74) is -0.0282. The van der Waals surface area contributed by atoms with Gasteiger partial charge in [-0.2, -0.15) is 0 Å². The smallest absolute Gasteiger partial charge is 0.349 e. The van der Waals surface area contributed by atoms with E-state index in [1.807, 2.05) is 0 Å². The summed E-state index contributed by atoms with van der Waals surface area (Å²) >= 11 is 7.15. The number of rotatable bonds is 4. The minimum absolute atomic E-state index is 0.152. The summed E-state index contributed by atoms with van der Waals surface area (Å²) in [5, 5.41) is 3.89. The van der Waals surface area contributed by atoms with Crippen LogP contribution in [-0.2, 0) is 6.42 Å². The molecule has 0 saturated carbocycles. The highest BCUT2D eigenvalue weighted by Crippen LogP contribution is 2.23. The highest BCUT2D eigenvalue weighted by molar-refractivity contribution is 7.15. The number of nitrogens with one attached hydrogen (secondary N) is 1. The van der Waals surface area contributed by atoms with Crippen LogP contribution >= 0.6 is 22.9 Å². The van der Waals surface area contributed by atoms with Crippen molar-refractivity contribution in [3.63, 3.8) is 0 Å². The van der Waals surface area contributed by atoms with E-state index in [-0.39, 0.29) is 11.4 Å². The van der Waals surface area contributed by atoms with E-state index in [0.29, 0.717) is 33.1 Å². The van der Waals surface area contributed by atoms with Gasteiger partial charge in [0.15, 0.2) is 5.13 Å². The second-order valence-corrected chi connectivity index (χ2v) is 7.54. The Morgan fingerprint density at radius 3 is 2.86 bits per heavy atom. The van der Waals surface area contributed by atoms with E-state index < -0.39 is 11.5 Å². The summed E-state index contributed by atoms with van der Waals surface area (Å²) in [6.07, 6.45) is 1.92. The molecule has 0 aliphatic carbocycles. The van der Waals surface area contributed by atoms with Gasteiger partial charge in [-0.1, -0.05) is 29.8 Å². The van der Waals surface area contributed by atoms with Gasteiger partial charge in [0.2, 0.25) is 0 Å². The molecule has 5 nitrogen and oxygen atoms in total. The Morgan fingerprint density at radius 1 is 1.21 bits per heavy atom. The molecule has 0 aliphatic rings. The predicted molar refractivity (Wildman–Crippen MR) is 107 cm³/mol. The average molecular weight is 415 g/mol. The van der Waals surface area contributed by atoms with Crippen LogP contribution < -0.4 is 10.9 Å². The number of amides is 1. The van der Waals surface area contributed by atoms with Gasteiger partial charge in [-0.3, -0.25) is 10.1 Å². The first-order valence-electron chi connectivity index (χ1n) is 8.22. The first kappa shape index (κ1) is 18.3. The van der Waals surface area contributed by atoms with Gasteiger partial charge in [0.25, 0.3) is 5.91 Å². The van der Waals surface area contributed by atoms with E-state index in [1.54, 1.807) is 42.6 Å². The largest absolute Gasteiger partial charge is 0.422 e. The summed E-state index contributed by atoms with van der Waals surface area (Å²) in [6, 6.07) is 12.7. The SMILES string of the molecule is O=C(Nc1ncc(Cc2ccccc2F)s1)c1cc2cc(Cl)ccc2oc1=O. The maximum Gasteiger partial charge on any atom is 0.349 e. The molecule has 0 unspecified atom stereocenters. The van der Waals surface area contributed by atoms with E-state index >= 15 is 0 Å². The molecule has 0 radical (unpaired) electrons. The van der Waals surface area contributed by atoms with E-state index in [2.05, 4.69) is 10.3 Å². The van der Waals surface area contributed by atoms with Crippen molar-refractivity contribution >= 4 is 44.9 Å². The topological polar surface area (TPSA) is 72.2 Å². The van der Waals surface area contributed by atoms with Crippen molar-refractivity contribution in [1.82, 2.24) is 4.98 Å². The lowest BCUT2D eigenvalue weighted by molar-refractivity contribution is 0.102. The molecule has 4 aromatic rings. The maximum atomic E-state index is 13.8. The molecule has 140 valence electrons. The van der Waals surface area contributed by atoms with Crippen molar-refractivity contribution in [2.24, 2.45) is 0 Å². The molecule has 2 aromatic carbocycles. The van der Waals surface area contributed by atoms with E-state index in [0.717, 1.165) is 4.88 Å². The first-order valence-corrected chi connectivity index (χ1v) is 9.42. The van der Waals surface area contributed by atoms with Crippen molar-refractivity contribution in [3.05, 3.63) is 92.0 Å². The van der Waals surface area contributed by atoms with Crippen LogP contribution in [0.4, 0.5) is 9.52 Å². The third-order valence-electron chi connectivity index (χ3n) is 4.04. The highest BCUT2D eigenvalue weighted by Gasteiger charge is 2.16. The summed E-state index contributed by atoms with van der Waals surface area (Å²) in [5.74, 6) is -0.934.